The van der Waals surface area contributed by atoms with Gasteiger partial charge in [-0.05, 0) is 41.8 Å². The van der Waals surface area contributed by atoms with E-state index >= 15 is 0 Å². The zero-order valence-electron chi connectivity index (χ0n) is 9.73. The second kappa shape index (κ2) is 4.07. The van der Waals surface area contributed by atoms with Gasteiger partial charge in [-0.1, -0.05) is 0 Å². The third kappa shape index (κ3) is 1.87. The van der Waals surface area contributed by atoms with Gasteiger partial charge in [0.15, 0.2) is 5.65 Å². The summed E-state index contributed by atoms with van der Waals surface area (Å²) in [4.78, 5) is 9.20. The molecule has 0 spiro atoms. The summed E-state index contributed by atoms with van der Waals surface area (Å²) in [6.45, 7) is 2.74. The molecule has 1 saturated carbocycles. The number of rotatable bonds is 3. The van der Waals surface area contributed by atoms with E-state index in [9.17, 15) is 0 Å². The van der Waals surface area contributed by atoms with Crippen molar-refractivity contribution in [3.63, 3.8) is 0 Å². The highest BCUT2D eigenvalue weighted by Gasteiger charge is 2.31. The van der Waals surface area contributed by atoms with E-state index in [2.05, 4.69) is 32.4 Å². The van der Waals surface area contributed by atoms with Gasteiger partial charge in [-0.2, -0.15) is 0 Å². The number of hydrogen-bond donors (Lipinski definition) is 1. The van der Waals surface area contributed by atoms with Gasteiger partial charge in [0.2, 0.25) is 0 Å². The number of halogens is 1. The maximum atomic E-state index is 5.79. The first-order valence-corrected chi connectivity index (χ1v) is 6.73. The normalized spacial score (nSPS) is 17.6. The Morgan fingerprint density at radius 3 is 3.00 bits per heavy atom. The molecule has 0 aliphatic heterocycles. The van der Waals surface area contributed by atoms with Crippen molar-refractivity contribution in [3.8, 4) is 0 Å². The van der Waals surface area contributed by atoms with Crippen LogP contribution in [0.15, 0.2) is 16.7 Å². The third-order valence-corrected chi connectivity index (χ3v) is 3.68. The van der Waals surface area contributed by atoms with Crippen molar-refractivity contribution in [2.75, 3.05) is 6.54 Å². The van der Waals surface area contributed by atoms with E-state index < -0.39 is 0 Å². The molecule has 1 unspecified atom stereocenters. The van der Waals surface area contributed by atoms with Crippen LogP contribution in [0.2, 0.25) is 0 Å². The van der Waals surface area contributed by atoms with Crippen molar-refractivity contribution in [1.82, 2.24) is 14.5 Å². The average molecular weight is 295 g/mol. The highest BCUT2D eigenvalue weighted by atomic mass is 79.9. The molecule has 0 saturated heterocycles. The van der Waals surface area contributed by atoms with Gasteiger partial charge in [-0.25, -0.2) is 9.97 Å². The van der Waals surface area contributed by atoms with E-state index in [0.717, 1.165) is 21.5 Å². The summed E-state index contributed by atoms with van der Waals surface area (Å²) < 4.78 is 3.18. The lowest BCUT2D eigenvalue weighted by Crippen LogP contribution is -2.18. The van der Waals surface area contributed by atoms with Crippen molar-refractivity contribution < 1.29 is 0 Å². The monoisotopic (exact) mass is 294 g/mol. The van der Waals surface area contributed by atoms with Crippen LogP contribution < -0.4 is 5.73 Å². The Kier molecular flexibility index (Phi) is 2.67. The molecule has 0 bridgehead atoms. The largest absolute Gasteiger partial charge is 0.328 e. The predicted molar refractivity (Wildman–Crippen MR) is 71.0 cm³/mol. The minimum atomic E-state index is 0.254. The van der Waals surface area contributed by atoms with Crippen LogP contribution in [0, 0.1) is 0 Å². The highest BCUT2D eigenvalue weighted by Crippen LogP contribution is 2.41. The summed E-state index contributed by atoms with van der Waals surface area (Å²) in [5, 5.41) is 0. The van der Waals surface area contributed by atoms with E-state index in [4.69, 9.17) is 10.7 Å². The van der Waals surface area contributed by atoms with Crippen LogP contribution in [0.3, 0.4) is 0 Å². The molecule has 1 aliphatic rings. The molecule has 2 aromatic rings. The summed E-state index contributed by atoms with van der Waals surface area (Å²) in [7, 11) is 0. The summed E-state index contributed by atoms with van der Waals surface area (Å²) in [6.07, 6.45) is 4.30. The van der Waals surface area contributed by atoms with Crippen LogP contribution in [0.5, 0.6) is 0 Å². The molecule has 17 heavy (non-hydrogen) atoms. The fraction of sp³-hybridized carbons (Fsp3) is 0.500. The second-order valence-corrected chi connectivity index (χ2v) is 5.61. The molecular formula is C12H15BrN4. The van der Waals surface area contributed by atoms with Crippen LogP contribution in [-0.2, 0) is 0 Å². The van der Waals surface area contributed by atoms with Crippen LogP contribution in [0.4, 0.5) is 0 Å². The molecule has 5 heteroatoms. The SMILES string of the molecule is CC(CN)n1c(C2CC2)nc2cc(Br)cnc21. The maximum Gasteiger partial charge on any atom is 0.160 e. The number of nitrogens with zero attached hydrogens (tertiary/aromatic N) is 3. The molecule has 0 aromatic carbocycles. The Morgan fingerprint density at radius 2 is 2.35 bits per heavy atom. The van der Waals surface area contributed by atoms with E-state index in [1.54, 1.807) is 0 Å². The molecule has 0 amide bonds. The predicted octanol–water partition coefficient (Wildman–Crippen LogP) is 2.59. The fourth-order valence-corrected chi connectivity index (χ4v) is 2.46. The maximum absolute atomic E-state index is 5.79. The fourth-order valence-electron chi connectivity index (χ4n) is 2.14. The topological polar surface area (TPSA) is 56.7 Å². The van der Waals surface area contributed by atoms with Crippen molar-refractivity contribution in [1.29, 1.82) is 0 Å². The van der Waals surface area contributed by atoms with E-state index in [0.29, 0.717) is 12.5 Å². The lowest BCUT2D eigenvalue weighted by Gasteiger charge is -2.14. The van der Waals surface area contributed by atoms with Gasteiger partial charge in [0, 0.05) is 29.2 Å². The molecule has 2 N–H and O–H groups in total. The van der Waals surface area contributed by atoms with Crippen LogP contribution in [0.1, 0.15) is 37.5 Å². The Morgan fingerprint density at radius 1 is 1.59 bits per heavy atom. The number of aromatic nitrogens is 3. The Labute approximate surface area is 108 Å². The van der Waals surface area contributed by atoms with E-state index in [1.165, 1.54) is 12.8 Å². The summed E-state index contributed by atoms with van der Waals surface area (Å²) in [6, 6.07) is 2.28. The van der Waals surface area contributed by atoms with Crippen molar-refractivity contribution >= 4 is 27.1 Å². The van der Waals surface area contributed by atoms with Gasteiger partial charge in [0.25, 0.3) is 0 Å². The van der Waals surface area contributed by atoms with Gasteiger partial charge in [0.05, 0.1) is 0 Å². The molecule has 3 rings (SSSR count). The third-order valence-electron chi connectivity index (χ3n) is 3.25. The molecule has 2 heterocycles. The zero-order valence-corrected chi connectivity index (χ0v) is 11.3. The molecule has 1 atom stereocenters. The molecule has 1 aliphatic carbocycles. The first kappa shape index (κ1) is 11.2. The quantitative estimate of drug-likeness (QED) is 0.947. The van der Waals surface area contributed by atoms with E-state index in [-0.39, 0.29) is 6.04 Å². The Balaban J connectivity index is 2.23. The van der Waals surface area contributed by atoms with Crippen molar-refractivity contribution in [3.05, 3.63) is 22.6 Å². The van der Waals surface area contributed by atoms with Crippen molar-refractivity contribution in [2.24, 2.45) is 5.73 Å². The summed E-state index contributed by atoms with van der Waals surface area (Å²) in [5.74, 6) is 1.76. The number of hydrogen-bond acceptors (Lipinski definition) is 3. The smallest absolute Gasteiger partial charge is 0.160 e. The molecule has 90 valence electrons. The van der Waals surface area contributed by atoms with E-state index in [1.807, 2.05) is 12.3 Å². The van der Waals surface area contributed by atoms with Gasteiger partial charge < -0.3 is 10.3 Å². The van der Waals surface area contributed by atoms with Gasteiger partial charge in [-0.3, -0.25) is 0 Å². The van der Waals surface area contributed by atoms with Crippen LogP contribution >= 0.6 is 15.9 Å². The van der Waals surface area contributed by atoms with Gasteiger partial charge in [-0.15, -0.1) is 0 Å². The molecule has 2 aromatic heterocycles. The second-order valence-electron chi connectivity index (χ2n) is 4.70. The first-order chi connectivity index (χ1) is 8.20. The average Bonchev–Trinajstić information content (AvgIpc) is 3.09. The number of imidazole rings is 1. The summed E-state index contributed by atoms with van der Waals surface area (Å²) >= 11 is 3.44. The van der Waals surface area contributed by atoms with Gasteiger partial charge >= 0.3 is 0 Å². The lowest BCUT2D eigenvalue weighted by atomic mass is 10.3. The number of fused-ring (bicyclic) bond motifs is 1. The lowest BCUT2D eigenvalue weighted by molar-refractivity contribution is 0.544. The van der Waals surface area contributed by atoms with Crippen LogP contribution in [-0.4, -0.2) is 21.1 Å². The molecule has 0 radical (unpaired) electrons. The minimum absolute atomic E-state index is 0.254. The number of nitrogens with two attached hydrogens (primary N) is 1. The molecule has 1 fully saturated rings. The minimum Gasteiger partial charge on any atom is -0.328 e. The Bertz CT molecular complexity index is 559. The van der Waals surface area contributed by atoms with Crippen LogP contribution in [0.25, 0.3) is 11.2 Å². The number of pyridine rings is 1. The zero-order chi connectivity index (χ0) is 12.0. The Hall–Kier alpha value is -0.940. The van der Waals surface area contributed by atoms with Crippen molar-refractivity contribution in [2.45, 2.75) is 31.7 Å². The highest BCUT2D eigenvalue weighted by molar-refractivity contribution is 9.10. The summed E-state index contributed by atoms with van der Waals surface area (Å²) in [5.41, 5.74) is 7.70. The van der Waals surface area contributed by atoms with Gasteiger partial charge in [0.1, 0.15) is 11.3 Å². The standard InChI is InChI=1S/C12H15BrN4/c1-7(5-14)17-11(8-2-3-8)16-10-4-9(13)6-15-12(10)17/h4,6-8H,2-3,5,14H2,1H3. The first-order valence-electron chi connectivity index (χ1n) is 5.94. The molecular weight excluding hydrogens is 280 g/mol. The molecule has 4 nitrogen and oxygen atoms in total.